The van der Waals surface area contributed by atoms with Crippen molar-refractivity contribution in [1.82, 2.24) is 9.88 Å². The van der Waals surface area contributed by atoms with E-state index in [1.54, 1.807) is 0 Å². The van der Waals surface area contributed by atoms with E-state index >= 15 is 0 Å². The molecule has 5 rings (SSSR count). The molecule has 1 saturated heterocycles. The number of nitrogens with one attached hydrogen (secondary N) is 1. The Bertz CT molecular complexity index is 902. The smallest absolute Gasteiger partial charge is 0.161 e. The summed E-state index contributed by atoms with van der Waals surface area (Å²) in [5.41, 5.74) is 3.94. The Hall–Kier alpha value is -2.46. The van der Waals surface area contributed by atoms with Crippen LogP contribution in [0.25, 0.3) is 10.9 Å². The van der Waals surface area contributed by atoms with Gasteiger partial charge in [0, 0.05) is 29.7 Å². The van der Waals surface area contributed by atoms with Crippen molar-refractivity contribution in [2.75, 3.05) is 19.8 Å². The molecule has 1 aromatic heterocycles. The van der Waals surface area contributed by atoms with Crippen molar-refractivity contribution < 1.29 is 9.47 Å². The first-order valence-electron chi connectivity index (χ1n) is 9.07. The van der Waals surface area contributed by atoms with Crippen LogP contribution in [0.4, 0.5) is 0 Å². The van der Waals surface area contributed by atoms with Crippen molar-refractivity contribution in [3.8, 4) is 11.5 Å². The summed E-state index contributed by atoms with van der Waals surface area (Å²) >= 11 is 0. The molecule has 0 amide bonds. The Morgan fingerprint density at radius 2 is 1.96 bits per heavy atom. The van der Waals surface area contributed by atoms with E-state index in [1.807, 2.05) is 6.20 Å². The number of nitrogens with zero attached hydrogens (tertiary/aromatic N) is 1. The van der Waals surface area contributed by atoms with Gasteiger partial charge in [-0.15, -0.1) is 0 Å². The fourth-order valence-electron chi connectivity index (χ4n) is 4.17. The molecular formula is C21H22N2O2. The average Bonchev–Trinajstić information content (AvgIpc) is 3.31. The summed E-state index contributed by atoms with van der Waals surface area (Å²) < 4.78 is 11.4. The zero-order valence-electron chi connectivity index (χ0n) is 14.2. The lowest BCUT2D eigenvalue weighted by Crippen LogP contribution is -2.23. The third kappa shape index (κ3) is 2.67. The molecule has 0 bridgehead atoms. The molecular weight excluding hydrogens is 312 g/mol. The molecule has 1 unspecified atom stereocenters. The molecule has 128 valence electrons. The number of likely N-dealkylation sites (tertiary alicyclic amines) is 1. The van der Waals surface area contributed by atoms with Crippen molar-refractivity contribution in [2.24, 2.45) is 0 Å². The summed E-state index contributed by atoms with van der Waals surface area (Å²) in [6.07, 6.45) is 4.46. The van der Waals surface area contributed by atoms with Crippen molar-refractivity contribution >= 4 is 10.9 Å². The minimum Gasteiger partial charge on any atom is -0.486 e. The van der Waals surface area contributed by atoms with Crippen molar-refractivity contribution in [3.63, 3.8) is 0 Å². The van der Waals surface area contributed by atoms with Gasteiger partial charge in [-0.05, 0) is 54.8 Å². The number of rotatable bonds is 3. The highest BCUT2D eigenvalue weighted by molar-refractivity contribution is 5.82. The molecule has 3 heterocycles. The monoisotopic (exact) mass is 334 g/mol. The molecule has 0 aliphatic carbocycles. The zero-order chi connectivity index (χ0) is 16.6. The van der Waals surface area contributed by atoms with Gasteiger partial charge >= 0.3 is 0 Å². The summed E-state index contributed by atoms with van der Waals surface area (Å²) in [4.78, 5) is 5.90. The van der Waals surface area contributed by atoms with Gasteiger partial charge in [-0.2, -0.15) is 0 Å². The third-order valence-electron chi connectivity index (χ3n) is 5.37. The highest BCUT2D eigenvalue weighted by Gasteiger charge is 2.27. The molecule has 1 N–H and O–H groups in total. The number of benzene rings is 2. The van der Waals surface area contributed by atoms with Gasteiger partial charge in [0.05, 0.1) is 0 Å². The standard InChI is InChI=1S/C21H22N2O2/c1-3-16(17-8-9-22-18(17)4-1)14-23-10-2-5-19(23)15-6-7-20-21(13-15)25-12-11-24-20/h1,3-4,6-9,13,19,22H,2,5,10-12,14H2. The summed E-state index contributed by atoms with van der Waals surface area (Å²) in [6.45, 7) is 3.40. The van der Waals surface area contributed by atoms with E-state index in [-0.39, 0.29) is 0 Å². The SMILES string of the molecule is c1cc(CN2CCCC2c2ccc3c(c2)OCCO3)c2cc[nH]c2c1. The predicted molar refractivity (Wildman–Crippen MR) is 98.1 cm³/mol. The van der Waals surface area contributed by atoms with Crippen LogP contribution in [0.2, 0.25) is 0 Å². The molecule has 0 spiro atoms. The van der Waals surface area contributed by atoms with Gasteiger partial charge < -0.3 is 14.5 Å². The molecule has 25 heavy (non-hydrogen) atoms. The molecule has 0 radical (unpaired) electrons. The quantitative estimate of drug-likeness (QED) is 0.777. The predicted octanol–water partition coefficient (Wildman–Crippen LogP) is 4.28. The lowest BCUT2D eigenvalue weighted by Gasteiger charge is -2.27. The van der Waals surface area contributed by atoms with Crippen LogP contribution in [0, 0.1) is 0 Å². The Balaban J connectivity index is 1.43. The number of fused-ring (bicyclic) bond motifs is 2. The van der Waals surface area contributed by atoms with Gasteiger partial charge in [0.25, 0.3) is 0 Å². The van der Waals surface area contributed by atoms with Gasteiger partial charge in [0.1, 0.15) is 13.2 Å². The maximum absolute atomic E-state index is 5.78. The van der Waals surface area contributed by atoms with E-state index in [2.05, 4.69) is 52.3 Å². The first-order valence-corrected chi connectivity index (χ1v) is 9.07. The largest absolute Gasteiger partial charge is 0.486 e. The molecule has 2 aliphatic rings. The van der Waals surface area contributed by atoms with Crippen LogP contribution in [-0.2, 0) is 6.54 Å². The Kier molecular flexibility index (Phi) is 3.63. The third-order valence-corrected chi connectivity index (χ3v) is 5.37. The van der Waals surface area contributed by atoms with Gasteiger partial charge in [-0.3, -0.25) is 4.90 Å². The normalized spacial score (nSPS) is 20.2. The van der Waals surface area contributed by atoms with Crippen LogP contribution in [0.3, 0.4) is 0 Å². The number of aromatic nitrogens is 1. The molecule has 2 aliphatic heterocycles. The minimum absolute atomic E-state index is 0.449. The molecule has 0 saturated carbocycles. The van der Waals surface area contributed by atoms with Crippen molar-refractivity contribution in [3.05, 3.63) is 59.8 Å². The second kappa shape index (κ2) is 6.12. The molecule has 2 aromatic carbocycles. The Morgan fingerprint density at radius 3 is 2.92 bits per heavy atom. The van der Waals surface area contributed by atoms with Gasteiger partial charge in [0.2, 0.25) is 0 Å². The maximum Gasteiger partial charge on any atom is 0.161 e. The van der Waals surface area contributed by atoms with Crippen LogP contribution in [0.5, 0.6) is 11.5 Å². The zero-order valence-corrected chi connectivity index (χ0v) is 14.2. The summed E-state index contributed by atoms with van der Waals surface area (Å²) in [5.74, 6) is 1.76. The fraction of sp³-hybridized carbons (Fsp3) is 0.333. The van der Waals surface area contributed by atoms with Crippen LogP contribution in [0.15, 0.2) is 48.7 Å². The molecule has 1 atom stereocenters. The van der Waals surface area contributed by atoms with Crippen molar-refractivity contribution in [2.45, 2.75) is 25.4 Å². The summed E-state index contributed by atoms with van der Waals surface area (Å²) in [7, 11) is 0. The lowest BCUT2D eigenvalue weighted by molar-refractivity contribution is 0.170. The van der Waals surface area contributed by atoms with Crippen LogP contribution in [-0.4, -0.2) is 29.6 Å². The Labute approximate surface area is 147 Å². The topological polar surface area (TPSA) is 37.5 Å². The highest BCUT2D eigenvalue weighted by atomic mass is 16.6. The lowest BCUT2D eigenvalue weighted by atomic mass is 10.0. The molecule has 4 heteroatoms. The first-order chi connectivity index (χ1) is 12.4. The van der Waals surface area contributed by atoms with Gasteiger partial charge in [-0.1, -0.05) is 18.2 Å². The summed E-state index contributed by atoms with van der Waals surface area (Å²) in [6, 6.07) is 15.6. The Morgan fingerprint density at radius 1 is 1.04 bits per heavy atom. The summed E-state index contributed by atoms with van der Waals surface area (Å²) in [5, 5.41) is 1.33. The number of hydrogen-bond acceptors (Lipinski definition) is 3. The minimum atomic E-state index is 0.449. The van der Waals surface area contributed by atoms with E-state index in [0.717, 1.165) is 24.6 Å². The van der Waals surface area contributed by atoms with Crippen LogP contribution >= 0.6 is 0 Å². The molecule has 4 nitrogen and oxygen atoms in total. The van der Waals surface area contributed by atoms with Crippen LogP contribution < -0.4 is 9.47 Å². The van der Waals surface area contributed by atoms with Crippen LogP contribution in [0.1, 0.15) is 30.0 Å². The van der Waals surface area contributed by atoms with E-state index in [1.165, 1.54) is 34.9 Å². The number of hydrogen-bond donors (Lipinski definition) is 1. The fourth-order valence-corrected chi connectivity index (χ4v) is 4.17. The maximum atomic E-state index is 5.78. The number of ether oxygens (including phenoxy) is 2. The van der Waals surface area contributed by atoms with Crippen molar-refractivity contribution in [1.29, 1.82) is 0 Å². The highest BCUT2D eigenvalue weighted by Crippen LogP contribution is 2.39. The molecule has 3 aromatic rings. The number of aromatic amines is 1. The second-order valence-corrected chi connectivity index (χ2v) is 6.89. The second-order valence-electron chi connectivity index (χ2n) is 6.89. The average molecular weight is 334 g/mol. The van der Waals surface area contributed by atoms with E-state index < -0.39 is 0 Å². The van der Waals surface area contributed by atoms with Gasteiger partial charge in [-0.25, -0.2) is 0 Å². The molecule has 1 fully saturated rings. The van der Waals surface area contributed by atoms with E-state index in [0.29, 0.717) is 19.3 Å². The van der Waals surface area contributed by atoms with Gasteiger partial charge in [0.15, 0.2) is 11.5 Å². The number of H-pyrrole nitrogens is 1. The van der Waals surface area contributed by atoms with E-state index in [9.17, 15) is 0 Å². The first kappa shape index (κ1) is 14.8. The van der Waals surface area contributed by atoms with E-state index in [4.69, 9.17) is 9.47 Å².